The number of rotatable bonds is 4. The SMILES string of the molecule is CCOc1ccnc(-c2nc(-c3ccccc3)ccc2C)n1. The summed E-state index contributed by atoms with van der Waals surface area (Å²) in [5.74, 6) is 1.15. The van der Waals surface area contributed by atoms with Gasteiger partial charge in [0.1, 0.15) is 5.69 Å². The van der Waals surface area contributed by atoms with Crippen LogP contribution in [0, 0.1) is 6.92 Å². The van der Waals surface area contributed by atoms with Gasteiger partial charge in [-0.15, -0.1) is 0 Å². The highest BCUT2D eigenvalue weighted by Gasteiger charge is 2.10. The van der Waals surface area contributed by atoms with Crippen molar-refractivity contribution in [1.29, 1.82) is 0 Å². The van der Waals surface area contributed by atoms with Crippen LogP contribution in [-0.2, 0) is 0 Å². The second kappa shape index (κ2) is 6.35. The second-order valence-corrected chi connectivity index (χ2v) is 4.88. The van der Waals surface area contributed by atoms with Gasteiger partial charge in [-0.25, -0.2) is 9.97 Å². The molecule has 1 aromatic carbocycles. The van der Waals surface area contributed by atoms with Gasteiger partial charge in [0.2, 0.25) is 5.88 Å². The number of hydrogen-bond acceptors (Lipinski definition) is 4. The van der Waals surface area contributed by atoms with Crippen LogP contribution in [0.25, 0.3) is 22.8 Å². The number of aromatic nitrogens is 3. The predicted molar refractivity (Wildman–Crippen MR) is 86.6 cm³/mol. The van der Waals surface area contributed by atoms with Crippen LogP contribution in [0.1, 0.15) is 12.5 Å². The van der Waals surface area contributed by atoms with Crippen molar-refractivity contribution in [3.63, 3.8) is 0 Å². The lowest BCUT2D eigenvalue weighted by molar-refractivity contribution is 0.326. The molecular weight excluding hydrogens is 274 g/mol. The van der Waals surface area contributed by atoms with Gasteiger partial charge < -0.3 is 4.74 Å². The fourth-order valence-electron chi connectivity index (χ4n) is 2.21. The molecule has 0 spiro atoms. The largest absolute Gasteiger partial charge is 0.478 e. The van der Waals surface area contributed by atoms with Gasteiger partial charge in [0.15, 0.2) is 5.82 Å². The van der Waals surface area contributed by atoms with E-state index in [1.165, 1.54) is 0 Å². The molecule has 110 valence electrons. The Balaban J connectivity index is 2.05. The van der Waals surface area contributed by atoms with E-state index in [9.17, 15) is 0 Å². The van der Waals surface area contributed by atoms with E-state index >= 15 is 0 Å². The molecule has 0 N–H and O–H groups in total. The highest BCUT2D eigenvalue weighted by Crippen LogP contribution is 2.24. The first-order valence-electron chi connectivity index (χ1n) is 7.27. The molecule has 0 atom stereocenters. The number of aryl methyl sites for hydroxylation is 1. The number of ether oxygens (including phenoxy) is 1. The summed E-state index contributed by atoms with van der Waals surface area (Å²) in [5, 5.41) is 0. The van der Waals surface area contributed by atoms with E-state index in [2.05, 4.69) is 9.97 Å². The van der Waals surface area contributed by atoms with Gasteiger partial charge in [-0.3, -0.25) is 0 Å². The quantitative estimate of drug-likeness (QED) is 0.731. The van der Waals surface area contributed by atoms with Crippen molar-refractivity contribution >= 4 is 0 Å². The first kappa shape index (κ1) is 14.2. The summed E-state index contributed by atoms with van der Waals surface area (Å²) < 4.78 is 5.44. The number of benzene rings is 1. The van der Waals surface area contributed by atoms with Crippen molar-refractivity contribution in [3.05, 3.63) is 60.3 Å². The van der Waals surface area contributed by atoms with Crippen LogP contribution in [-0.4, -0.2) is 21.6 Å². The van der Waals surface area contributed by atoms with Gasteiger partial charge in [0.25, 0.3) is 0 Å². The van der Waals surface area contributed by atoms with E-state index in [0.717, 1.165) is 22.5 Å². The molecule has 0 saturated heterocycles. The topological polar surface area (TPSA) is 47.9 Å². The minimum absolute atomic E-state index is 0.568. The Kier molecular flexibility index (Phi) is 4.10. The van der Waals surface area contributed by atoms with Crippen molar-refractivity contribution in [2.45, 2.75) is 13.8 Å². The fraction of sp³-hybridized carbons (Fsp3) is 0.167. The van der Waals surface area contributed by atoms with E-state index in [4.69, 9.17) is 9.72 Å². The second-order valence-electron chi connectivity index (χ2n) is 4.88. The highest BCUT2D eigenvalue weighted by atomic mass is 16.5. The van der Waals surface area contributed by atoms with Gasteiger partial charge >= 0.3 is 0 Å². The van der Waals surface area contributed by atoms with Crippen molar-refractivity contribution in [1.82, 2.24) is 15.0 Å². The van der Waals surface area contributed by atoms with Crippen molar-refractivity contribution in [2.75, 3.05) is 6.61 Å². The molecule has 22 heavy (non-hydrogen) atoms. The molecule has 2 aromatic heterocycles. The smallest absolute Gasteiger partial charge is 0.216 e. The van der Waals surface area contributed by atoms with Gasteiger partial charge in [0, 0.05) is 17.8 Å². The summed E-state index contributed by atoms with van der Waals surface area (Å²) in [6.07, 6.45) is 1.70. The Morgan fingerprint density at radius 2 is 1.77 bits per heavy atom. The minimum Gasteiger partial charge on any atom is -0.478 e. The van der Waals surface area contributed by atoms with Crippen LogP contribution in [0.2, 0.25) is 0 Å². The molecule has 0 saturated carbocycles. The molecule has 0 fully saturated rings. The average Bonchev–Trinajstić information content (AvgIpc) is 2.57. The van der Waals surface area contributed by atoms with Crippen LogP contribution in [0.4, 0.5) is 0 Å². The predicted octanol–water partition coefficient (Wildman–Crippen LogP) is 3.91. The molecule has 4 heteroatoms. The van der Waals surface area contributed by atoms with Gasteiger partial charge in [-0.2, -0.15) is 4.98 Å². The Hall–Kier alpha value is -2.75. The van der Waals surface area contributed by atoms with Gasteiger partial charge in [0.05, 0.1) is 12.3 Å². The monoisotopic (exact) mass is 291 g/mol. The molecule has 2 heterocycles. The van der Waals surface area contributed by atoms with Crippen molar-refractivity contribution < 1.29 is 4.74 Å². The minimum atomic E-state index is 0.568. The Labute approximate surface area is 129 Å². The van der Waals surface area contributed by atoms with Crippen LogP contribution >= 0.6 is 0 Å². The summed E-state index contributed by atoms with van der Waals surface area (Å²) in [6, 6.07) is 15.9. The summed E-state index contributed by atoms with van der Waals surface area (Å²) >= 11 is 0. The maximum Gasteiger partial charge on any atom is 0.216 e. The Bertz CT molecular complexity index is 772. The molecule has 3 aromatic rings. The molecule has 0 aliphatic carbocycles. The highest BCUT2D eigenvalue weighted by molar-refractivity contribution is 5.65. The Morgan fingerprint density at radius 1 is 0.955 bits per heavy atom. The molecule has 0 radical (unpaired) electrons. The first-order valence-corrected chi connectivity index (χ1v) is 7.27. The molecule has 3 rings (SSSR count). The van der Waals surface area contributed by atoms with Gasteiger partial charge in [-0.1, -0.05) is 36.4 Å². The van der Waals surface area contributed by atoms with E-state index < -0.39 is 0 Å². The third-order valence-corrected chi connectivity index (χ3v) is 3.30. The lowest BCUT2D eigenvalue weighted by Crippen LogP contribution is -2.00. The van der Waals surface area contributed by atoms with E-state index in [0.29, 0.717) is 18.3 Å². The zero-order valence-corrected chi connectivity index (χ0v) is 12.7. The molecule has 0 amide bonds. The van der Waals surface area contributed by atoms with Crippen LogP contribution in [0.3, 0.4) is 0 Å². The van der Waals surface area contributed by atoms with Crippen LogP contribution in [0.5, 0.6) is 5.88 Å². The number of nitrogens with zero attached hydrogens (tertiary/aromatic N) is 3. The lowest BCUT2D eigenvalue weighted by Gasteiger charge is -2.08. The van der Waals surface area contributed by atoms with Gasteiger partial charge in [-0.05, 0) is 25.5 Å². The zero-order chi connectivity index (χ0) is 15.4. The summed E-state index contributed by atoms with van der Waals surface area (Å²) in [4.78, 5) is 13.5. The third kappa shape index (κ3) is 2.96. The Morgan fingerprint density at radius 3 is 2.55 bits per heavy atom. The molecule has 0 aliphatic rings. The molecule has 0 unspecified atom stereocenters. The zero-order valence-electron chi connectivity index (χ0n) is 12.7. The third-order valence-electron chi connectivity index (χ3n) is 3.30. The summed E-state index contributed by atoms with van der Waals surface area (Å²) in [6.45, 7) is 4.52. The molecule has 0 aliphatic heterocycles. The number of hydrogen-bond donors (Lipinski definition) is 0. The molecule has 4 nitrogen and oxygen atoms in total. The maximum atomic E-state index is 5.44. The fourth-order valence-corrected chi connectivity index (χ4v) is 2.21. The average molecular weight is 291 g/mol. The maximum absolute atomic E-state index is 5.44. The van der Waals surface area contributed by atoms with Crippen molar-refractivity contribution in [3.8, 4) is 28.7 Å². The molecular formula is C18H17N3O. The van der Waals surface area contributed by atoms with Crippen molar-refractivity contribution in [2.24, 2.45) is 0 Å². The van der Waals surface area contributed by atoms with E-state index in [-0.39, 0.29) is 0 Å². The van der Waals surface area contributed by atoms with E-state index in [1.807, 2.05) is 56.3 Å². The van der Waals surface area contributed by atoms with E-state index in [1.54, 1.807) is 12.3 Å². The first-order chi connectivity index (χ1) is 10.8. The van der Waals surface area contributed by atoms with Crippen LogP contribution < -0.4 is 4.74 Å². The lowest BCUT2D eigenvalue weighted by atomic mass is 10.1. The van der Waals surface area contributed by atoms with Crippen LogP contribution in [0.15, 0.2) is 54.7 Å². The normalized spacial score (nSPS) is 10.5. The molecule has 0 bridgehead atoms. The number of pyridine rings is 1. The standard InChI is InChI=1S/C18H17N3O/c1-3-22-16-11-12-19-18(21-16)17-13(2)9-10-15(20-17)14-7-5-4-6-8-14/h4-12H,3H2,1-2H3. The summed E-state index contributed by atoms with van der Waals surface area (Å²) in [5.41, 5.74) is 3.80. The summed E-state index contributed by atoms with van der Waals surface area (Å²) in [7, 11) is 0.